The topological polar surface area (TPSA) is 33.1 Å². The number of aromatic nitrogens is 2. The quantitative estimate of drug-likeness (QED) is 0.798. The lowest BCUT2D eigenvalue weighted by Crippen LogP contribution is -2.31. The predicted molar refractivity (Wildman–Crippen MR) is 109 cm³/mol. The Morgan fingerprint density at radius 1 is 0.962 bits per heavy atom. The van der Waals surface area contributed by atoms with Gasteiger partial charge in [-0.15, -0.1) is 0 Å². The Morgan fingerprint density at radius 2 is 1.73 bits per heavy atom. The highest BCUT2D eigenvalue weighted by atomic mass is 35.5. The Labute approximate surface area is 165 Å². The van der Waals surface area contributed by atoms with Crippen LogP contribution in [-0.4, -0.2) is 40.9 Å². The van der Waals surface area contributed by atoms with Crippen LogP contribution in [0.3, 0.4) is 0 Å². The second kappa shape index (κ2) is 8.20. The molecule has 2 aliphatic rings. The number of hydrogen-bond acceptors (Lipinski definition) is 3. The molecule has 6 heteroatoms. The number of halogens is 2. The first-order valence-corrected chi connectivity index (χ1v) is 10.5. The minimum atomic E-state index is 0.639. The molecule has 26 heavy (non-hydrogen) atoms. The largest absolute Gasteiger partial charge is 0.370 e. The van der Waals surface area contributed by atoms with Gasteiger partial charge in [-0.2, -0.15) is 5.10 Å². The maximum atomic E-state index is 6.23. The summed E-state index contributed by atoms with van der Waals surface area (Å²) in [6, 6.07) is 5.63. The first-order chi connectivity index (χ1) is 12.7. The van der Waals surface area contributed by atoms with Gasteiger partial charge < -0.3 is 10.2 Å². The Kier molecular flexibility index (Phi) is 5.72. The summed E-state index contributed by atoms with van der Waals surface area (Å²) in [6.07, 6.45) is 8.52. The first kappa shape index (κ1) is 18.1. The van der Waals surface area contributed by atoms with Crippen LogP contribution in [0.1, 0.15) is 43.4 Å². The van der Waals surface area contributed by atoms with Crippen LogP contribution in [0.5, 0.6) is 0 Å². The molecule has 3 heterocycles. The Bertz CT molecular complexity index is 745. The smallest absolute Gasteiger partial charge is 0.133 e. The van der Waals surface area contributed by atoms with E-state index in [0.717, 1.165) is 37.4 Å². The van der Waals surface area contributed by atoms with Crippen LogP contribution in [0.2, 0.25) is 10.0 Å². The number of likely N-dealkylation sites (tertiary alicyclic amines) is 1. The zero-order chi connectivity index (χ0) is 17.9. The van der Waals surface area contributed by atoms with Crippen molar-refractivity contribution in [1.29, 1.82) is 0 Å². The fourth-order valence-electron chi connectivity index (χ4n) is 4.07. The number of hydrogen-bond donors (Lipinski definition) is 1. The van der Waals surface area contributed by atoms with Crippen LogP contribution < -0.4 is 5.32 Å². The van der Waals surface area contributed by atoms with E-state index in [-0.39, 0.29) is 0 Å². The third-order valence-corrected chi connectivity index (χ3v) is 5.85. The number of rotatable bonds is 4. The van der Waals surface area contributed by atoms with E-state index in [1.54, 1.807) is 6.07 Å². The lowest BCUT2D eigenvalue weighted by atomic mass is 10.1. The van der Waals surface area contributed by atoms with Gasteiger partial charge in [0.2, 0.25) is 0 Å². The molecule has 0 spiro atoms. The maximum Gasteiger partial charge on any atom is 0.133 e. The molecule has 1 aromatic heterocycles. The lowest BCUT2D eigenvalue weighted by Gasteiger charge is -2.26. The number of nitrogens with zero attached hydrogens (tertiary/aromatic N) is 3. The monoisotopic (exact) mass is 392 g/mol. The van der Waals surface area contributed by atoms with Crippen molar-refractivity contribution in [3.8, 4) is 5.69 Å². The fourth-order valence-corrected chi connectivity index (χ4v) is 4.58. The third kappa shape index (κ3) is 4.03. The Balaban J connectivity index is 1.64. The number of fused-ring (bicyclic) bond motifs is 1. The average molecular weight is 393 g/mol. The molecule has 0 saturated carbocycles. The molecule has 4 rings (SSSR count). The second-order valence-corrected chi connectivity index (χ2v) is 8.22. The number of piperidine rings is 1. The summed E-state index contributed by atoms with van der Waals surface area (Å²) >= 11 is 12.5. The normalized spacial score (nSPS) is 18.2. The summed E-state index contributed by atoms with van der Waals surface area (Å²) in [5.41, 5.74) is 3.52. The van der Waals surface area contributed by atoms with Gasteiger partial charge in [-0.1, -0.05) is 29.6 Å². The van der Waals surface area contributed by atoms with Gasteiger partial charge in [-0.05, 0) is 63.4 Å². The standard InChI is InChI=1S/C20H26Cl2N4/c21-15-12-16(22)14-17(13-15)26-20-18(6-2-3-8-23-20)19(24-26)7-11-25-9-4-1-5-10-25/h12-14,23H,1-11H2. The van der Waals surface area contributed by atoms with Crippen LogP contribution in [0, 0.1) is 0 Å². The zero-order valence-corrected chi connectivity index (χ0v) is 16.6. The van der Waals surface area contributed by atoms with Gasteiger partial charge in [0.1, 0.15) is 5.82 Å². The van der Waals surface area contributed by atoms with Crippen molar-refractivity contribution in [3.05, 3.63) is 39.5 Å². The van der Waals surface area contributed by atoms with Crippen LogP contribution in [0.15, 0.2) is 18.2 Å². The molecule has 1 N–H and O–H groups in total. The van der Waals surface area contributed by atoms with E-state index >= 15 is 0 Å². The molecule has 140 valence electrons. The summed E-state index contributed by atoms with van der Waals surface area (Å²) in [6.45, 7) is 4.54. The summed E-state index contributed by atoms with van der Waals surface area (Å²) in [5, 5.41) is 9.85. The molecule has 1 fully saturated rings. The minimum absolute atomic E-state index is 0.639. The van der Waals surface area contributed by atoms with Crippen molar-refractivity contribution < 1.29 is 0 Å². The van der Waals surface area contributed by atoms with E-state index in [0.29, 0.717) is 10.0 Å². The second-order valence-electron chi connectivity index (χ2n) is 7.35. The number of anilines is 1. The van der Waals surface area contributed by atoms with Crippen molar-refractivity contribution in [2.75, 3.05) is 31.5 Å². The van der Waals surface area contributed by atoms with Crippen LogP contribution in [0.25, 0.3) is 5.69 Å². The van der Waals surface area contributed by atoms with Crippen molar-refractivity contribution >= 4 is 29.0 Å². The van der Waals surface area contributed by atoms with E-state index in [4.69, 9.17) is 28.3 Å². The molecular formula is C20H26Cl2N4. The van der Waals surface area contributed by atoms with Gasteiger partial charge in [0.05, 0.1) is 11.4 Å². The zero-order valence-electron chi connectivity index (χ0n) is 15.1. The van der Waals surface area contributed by atoms with Crippen LogP contribution in [-0.2, 0) is 12.8 Å². The SMILES string of the molecule is Clc1cc(Cl)cc(-n2nc(CCN3CCCCC3)c3c2NCCCC3)c1. The predicted octanol–water partition coefficient (Wildman–Crippen LogP) is 4.96. The highest BCUT2D eigenvalue weighted by molar-refractivity contribution is 6.34. The summed E-state index contributed by atoms with van der Waals surface area (Å²) < 4.78 is 2.00. The van der Waals surface area contributed by atoms with Gasteiger partial charge in [0, 0.05) is 35.1 Å². The molecule has 0 amide bonds. The molecule has 4 nitrogen and oxygen atoms in total. The Hall–Kier alpha value is -1.23. The summed E-state index contributed by atoms with van der Waals surface area (Å²) in [4.78, 5) is 2.58. The summed E-state index contributed by atoms with van der Waals surface area (Å²) in [5.74, 6) is 1.12. The highest BCUT2D eigenvalue weighted by Crippen LogP contribution is 2.30. The molecular weight excluding hydrogens is 367 g/mol. The molecule has 2 aromatic rings. The summed E-state index contributed by atoms with van der Waals surface area (Å²) in [7, 11) is 0. The van der Waals surface area contributed by atoms with Crippen molar-refractivity contribution in [1.82, 2.24) is 14.7 Å². The number of nitrogens with one attached hydrogen (secondary N) is 1. The molecule has 0 radical (unpaired) electrons. The van der Waals surface area contributed by atoms with Crippen LogP contribution >= 0.6 is 23.2 Å². The first-order valence-electron chi connectivity index (χ1n) is 9.74. The van der Waals surface area contributed by atoms with Gasteiger partial charge >= 0.3 is 0 Å². The van der Waals surface area contributed by atoms with E-state index < -0.39 is 0 Å². The van der Waals surface area contributed by atoms with Crippen molar-refractivity contribution in [3.63, 3.8) is 0 Å². The molecule has 0 unspecified atom stereocenters. The average Bonchev–Trinajstić information content (AvgIpc) is 2.80. The van der Waals surface area contributed by atoms with Crippen molar-refractivity contribution in [2.24, 2.45) is 0 Å². The van der Waals surface area contributed by atoms with Crippen LogP contribution in [0.4, 0.5) is 5.82 Å². The Morgan fingerprint density at radius 3 is 2.50 bits per heavy atom. The van der Waals surface area contributed by atoms with Gasteiger partial charge in [0.15, 0.2) is 0 Å². The van der Waals surface area contributed by atoms with E-state index in [1.165, 1.54) is 56.5 Å². The van der Waals surface area contributed by atoms with E-state index in [9.17, 15) is 0 Å². The molecule has 1 saturated heterocycles. The molecule has 1 aromatic carbocycles. The van der Waals surface area contributed by atoms with Crippen molar-refractivity contribution in [2.45, 2.75) is 44.9 Å². The maximum absolute atomic E-state index is 6.23. The number of benzene rings is 1. The highest BCUT2D eigenvalue weighted by Gasteiger charge is 2.21. The fraction of sp³-hybridized carbons (Fsp3) is 0.550. The van der Waals surface area contributed by atoms with Gasteiger partial charge in [-0.25, -0.2) is 4.68 Å². The minimum Gasteiger partial charge on any atom is -0.370 e. The van der Waals surface area contributed by atoms with Gasteiger partial charge in [0.25, 0.3) is 0 Å². The molecule has 2 aliphatic heterocycles. The lowest BCUT2D eigenvalue weighted by molar-refractivity contribution is 0.230. The van der Waals surface area contributed by atoms with E-state index in [2.05, 4.69) is 10.2 Å². The molecule has 0 bridgehead atoms. The van der Waals surface area contributed by atoms with Gasteiger partial charge in [-0.3, -0.25) is 0 Å². The third-order valence-electron chi connectivity index (χ3n) is 5.42. The molecule has 0 aliphatic carbocycles. The molecule has 0 atom stereocenters. The van der Waals surface area contributed by atoms with E-state index in [1.807, 2.05) is 16.8 Å².